The van der Waals surface area contributed by atoms with Crippen molar-refractivity contribution in [1.82, 2.24) is 9.62 Å². The Morgan fingerprint density at radius 3 is 2.32 bits per heavy atom. The molecule has 0 unspecified atom stereocenters. The lowest BCUT2D eigenvalue weighted by atomic mass is 10.0. The fourth-order valence-corrected chi connectivity index (χ4v) is 5.50. The van der Waals surface area contributed by atoms with Gasteiger partial charge in [-0.15, -0.1) is 0 Å². The third-order valence-electron chi connectivity index (χ3n) is 5.70. The molecule has 0 bridgehead atoms. The van der Waals surface area contributed by atoms with Crippen molar-refractivity contribution < 1.29 is 35.9 Å². The number of carbonyl (C=O) groups is 1. The lowest BCUT2D eigenvalue weighted by molar-refractivity contribution is -0.139. The zero-order chi connectivity index (χ0) is 27.4. The molecule has 11 heteroatoms. The van der Waals surface area contributed by atoms with E-state index in [4.69, 9.17) is 9.47 Å². The number of hydrogen-bond acceptors (Lipinski definition) is 5. The number of rotatable bonds is 7. The normalized spacial score (nSPS) is 15.5. The Morgan fingerprint density at radius 1 is 1.08 bits per heavy atom. The van der Waals surface area contributed by atoms with Gasteiger partial charge >= 0.3 is 12.3 Å². The molecule has 1 saturated heterocycles. The van der Waals surface area contributed by atoms with E-state index in [-0.39, 0.29) is 31.5 Å². The van der Waals surface area contributed by atoms with E-state index >= 15 is 0 Å². The van der Waals surface area contributed by atoms with Gasteiger partial charge in [-0.1, -0.05) is 31.2 Å². The van der Waals surface area contributed by atoms with Gasteiger partial charge in [0.25, 0.3) is 0 Å². The van der Waals surface area contributed by atoms with Gasteiger partial charge in [0.15, 0.2) is 0 Å². The first-order valence-corrected chi connectivity index (χ1v) is 13.6. The van der Waals surface area contributed by atoms with Gasteiger partial charge in [-0.25, -0.2) is 17.9 Å². The van der Waals surface area contributed by atoms with Crippen LogP contribution in [0.15, 0.2) is 47.4 Å². The highest BCUT2D eigenvalue weighted by Gasteiger charge is 2.39. The summed E-state index contributed by atoms with van der Waals surface area (Å²) in [4.78, 5) is 12.9. The Kier molecular flexibility index (Phi) is 8.79. The van der Waals surface area contributed by atoms with Crippen LogP contribution in [0.4, 0.5) is 18.0 Å². The van der Waals surface area contributed by atoms with Gasteiger partial charge in [0.2, 0.25) is 10.0 Å². The number of piperidine rings is 1. The second kappa shape index (κ2) is 11.3. The van der Waals surface area contributed by atoms with Crippen LogP contribution in [-0.4, -0.2) is 50.8 Å². The summed E-state index contributed by atoms with van der Waals surface area (Å²) in [5.41, 5.74) is -1.29. The molecular weight excluding hydrogens is 509 g/mol. The maximum atomic E-state index is 14.1. The molecule has 1 heterocycles. The number of nitrogens with zero attached hydrogens (tertiary/aromatic N) is 1. The molecule has 1 amide bonds. The SMILES string of the molecule is CCCOc1ccccc1-c1ccc(S(=O)(=O)NC2CCN(C(=O)OC(C)(C)C)CC2)c(C(F)(F)F)c1. The first-order valence-electron chi connectivity index (χ1n) is 12.1. The number of nitrogens with one attached hydrogen (secondary N) is 1. The predicted octanol–water partition coefficient (Wildman–Crippen LogP) is 5.84. The highest BCUT2D eigenvalue weighted by atomic mass is 32.2. The Bertz CT molecular complexity index is 1200. The largest absolute Gasteiger partial charge is 0.493 e. The third-order valence-corrected chi connectivity index (χ3v) is 7.28. The van der Waals surface area contributed by atoms with E-state index in [0.29, 0.717) is 17.9 Å². The van der Waals surface area contributed by atoms with Gasteiger partial charge in [-0.3, -0.25) is 0 Å². The topological polar surface area (TPSA) is 84.9 Å². The Hall–Kier alpha value is -2.79. The predicted molar refractivity (Wildman–Crippen MR) is 134 cm³/mol. The first-order chi connectivity index (χ1) is 17.2. The molecule has 0 atom stereocenters. The first kappa shape index (κ1) is 28.8. The van der Waals surface area contributed by atoms with Crippen LogP contribution in [-0.2, 0) is 20.9 Å². The molecule has 1 fully saturated rings. The Morgan fingerprint density at radius 2 is 1.73 bits per heavy atom. The quantitative estimate of drug-likeness (QED) is 0.475. The van der Waals surface area contributed by atoms with Crippen LogP contribution >= 0.6 is 0 Å². The van der Waals surface area contributed by atoms with Gasteiger partial charge in [-0.05, 0) is 63.8 Å². The molecule has 2 aromatic carbocycles. The van der Waals surface area contributed by atoms with Gasteiger partial charge in [0.05, 0.1) is 17.1 Å². The molecule has 0 saturated carbocycles. The van der Waals surface area contributed by atoms with Crippen molar-refractivity contribution in [3.63, 3.8) is 0 Å². The average molecular weight is 543 g/mol. The van der Waals surface area contributed by atoms with Crippen LogP contribution < -0.4 is 9.46 Å². The average Bonchev–Trinajstić information content (AvgIpc) is 2.81. The smallest absolute Gasteiger partial charge is 0.417 e. The van der Waals surface area contributed by atoms with Crippen molar-refractivity contribution in [3.05, 3.63) is 48.0 Å². The summed E-state index contributed by atoms with van der Waals surface area (Å²) >= 11 is 0. The van der Waals surface area contributed by atoms with Crippen molar-refractivity contribution in [1.29, 1.82) is 0 Å². The van der Waals surface area contributed by atoms with Crippen LogP contribution in [0.25, 0.3) is 11.1 Å². The van der Waals surface area contributed by atoms with Crippen LogP contribution in [0.1, 0.15) is 52.5 Å². The van der Waals surface area contributed by atoms with Crippen LogP contribution in [0.5, 0.6) is 5.75 Å². The minimum Gasteiger partial charge on any atom is -0.493 e. The molecule has 2 aromatic rings. The monoisotopic (exact) mass is 542 g/mol. The summed E-state index contributed by atoms with van der Waals surface area (Å²) in [7, 11) is -4.50. The molecule has 0 aliphatic carbocycles. The number of hydrogen-bond donors (Lipinski definition) is 1. The van der Waals surface area contributed by atoms with E-state index in [1.54, 1.807) is 45.0 Å². The maximum Gasteiger partial charge on any atom is 0.417 e. The highest BCUT2D eigenvalue weighted by Crippen LogP contribution is 2.39. The number of sulfonamides is 1. The zero-order valence-corrected chi connectivity index (χ0v) is 22.2. The molecule has 37 heavy (non-hydrogen) atoms. The van der Waals surface area contributed by atoms with E-state index in [2.05, 4.69) is 4.72 Å². The van der Waals surface area contributed by atoms with Crippen LogP contribution in [0.2, 0.25) is 0 Å². The van der Waals surface area contributed by atoms with Gasteiger partial charge in [-0.2, -0.15) is 13.2 Å². The number of benzene rings is 2. The zero-order valence-electron chi connectivity index (χ0n) is 21.4. The molecule has 0 aromatic heterocycles. The van der Waals surface area contributed by atoms with E-state index in [1.165, 1.54) is 11.0 Å². The molecule has 3 rings (SSSR count). The third kappa shape index (κ3) is 7.61. The summed E-state index contributed by atoms with van der Waals surface area (Å²) in [5, 5.41) is 0. The van der Waals surface area contributed by atoms with Gasteiger partial charge < -0.3 is 14.4 Å². The Labute approximate surface area is 216 Å². The summed E-state index contributed by atoms with van der Waals surface area (Å²) in [6.45, 7) is 7.98. The van der Waals surface area contributed by atoms with Crippen LogP contribution in [0.3, 0.4) is 0 Å². The fourth-order valence-electron chi connectivity index (χ4n) is 3.99. The number of amides is 1. The second-order valence-corrected chi connectivity index (χ2v) is 11.6. The molecule has 204 valence electrons. The summed E-state index contributed by atoms with van der Waals surface area (Å²) < 4.78 is 81.7. The number of para-hydroxylation sites is 1. The Balaban J connectivity index is 1.82. The molecule has 1 aliphatic rings. The lowest BCUT2D eigenvalue weighted by Gasteiger charge is -2.33. The molecule has 1 aliphatic heterocycles. The molecule has 0 spiro atoms. The highest BCUT2D eigenvalue weighted by molar-refractivity contribution is 7.89. The number of ether oxygens (including phenoxy) is 2. The number of halogens is 3. The van der Waals surface area contributed by atoms with Gasteiger partial charge in [0.1, 0.15) is 11.4 Å². The maximum absolute atomic E-state index is 14.1. The van der Waals surface area contributed by atoms with E-state index in [1.807, 2.05) is 6.92 Å². The second-order valence-electron chi connectivity index (χ2n) is 9.92. The number of carbonyl (C=O) groups excluding carboxylic acids is 1. The van der Waals surface area contributed by atoms with E-state index in [0.717, 1.165) is 18.6 Å². The standard InChI is InChI=1S/C26H33F3N2O5S/c1-5-16-35-22-9-7-6-8-20(22)18-10-11-23(21(17-18)26(27,28)29)37(33,34)30-19-12-14-31(15-13-19)24(32)36-25(2,3)4/h6-11,17,19,30H,5,12-16H2,1-4H3. The lowest BCUT2D eigenvalue weighted by Crippen LogP contribution is -2.47. The number of likely N-dealkylation sites (tertiary alicyclic amines) is 1. The fraction of sp³-hybridized carbons (Fsp3) is 0.500. The summed E-state index contributed by atoms with van der Waals surface area (Å²) in [6.07, 6.45) is -4.19. The molecule has 0 radical (unpaired) electrons. The minimum atomic E-state index is -4.90. The summed E-state index contributed by atoms with van der Waals surface area (Å²) in [5.74, 6) is 0.419. The minimum absolute atomic E-state index is 0.198. The molecule has 1 N–H and O–H groups in total. The summed E-state index contributed by atoms with van der Waals surface area (Å²) in [6, 6.07) is 9.24. The van der Waals surface area contributed by atoms with Crippen molar-refractivity contribution in [3.8, 4) is 16.9 Å². The van der Waals surface area contributed by atoms with Crippen molar-refractivity contribution >= 4 is 16.1 Å². The number of alkyl halides is 3. The van der Waals surface area contributed by atoms with E-state index in [9.17, 15) is 26.4 Å². The van der Waals surface area contributed by atoms with Crippen molar-refractivity contribution in [2.75, 3.05) is 19.7 Å². The molecule has 7 nitrogen and oxygen atoms in total. The van der Waals surface area contributed by atoms with E-state index < -0.39 is 44.4 Å². The van der Waals surface area contributed by atoms with Gasteiger partial charge in [0, 0.05) is 24.7 Å². The van der Waals surface area contributed by atoms with Crippen LogP contribution in [0, 0.1) is 0 Å². The molecular formula is C26H33F3N2O5S. The van der Waals surface area contributed by atoms with Crippen molar-refractivity contribution in [2.24, 2.45) is 0 Å². The van der Waals surface area contributed by atoms with Crippen molar-refractivity contribution in [2.45, 2.75) is 69.7 Å².